The highest BCUT2D eigenvalue weighted by Crippen LogP contribution is 2.21. The van der Waals surface area contributed by atoms with Crippen LogP contribution in [0.4, 0.5) is 0 Å². The minimum absolute atomic E-state index is 0.0355. The highest BCUT2D eigenvalue weighted by molar-refractivity contribution is 4.87. The van der Waals surface area contributed by atoms with Gasteiger partial charge in [-0.1, -0.05) is 0 Å². The number of aromatic nitrogens is 4. The molecule has 2 heterocycles. The number of hydrogen-bond acceptors (Lipinski definition) is 6. The molecule has 0 aliphatic carbocycles. The van der Waals surface area contributed by atoms with Crippen molar-refractivity contribution < 1.29 is 9.84 Å². The number of morpholine rings is 1. The van der Waals surface area contributed by atoms with Crippen molar-refractivity contribution in [3.63, 3.8) is 0 Å². The van der Waals surface area contributed by atoms with E-state index in [-0.39, 0.29) is 18.3 Å². The summed E-state index contributed by atoms with van der Waals surface area (Å²) in [6, 6.07) is 0. The number of ether oxygens (including phenoxy) is 1. The molecule has 2 rings (SSSR count). The van der Waals surface area contributed by atoms with Crippen molar-refractivity contribution in [2.75, 3.05) is 19.7 Å². The number of rotatable bonds is 3. The Hall–Kier alpha value is -1.05. The van der Waals surface area contributed by atoms with Crippen LogP contribution < -0.4 is 0 Å². The molecule has 0 radical (unpaired) electrons. The zero-order valence-corrected chi connectivity index (χ0v) is 10.5. The van der Waals surface area contributed by atoms with Crippen molar-refractivity contribution in [2.45, 2.75) is 32.1 Å². The normalized spacial score (nSPS) is 25.1. The van der Waals surface area contributed by atoms with Crippen LogP contribution in [0, 0.1) is 0 Å². The van der Waals surface area contributed by atoms with Gasteiger partial charge in [0.15, 0.2) is 5.82 Å². The molecule has 7 nitrogen and oxygen atoms in total. The molecule has 0 saturated carbocycles. The topological polar surface area (TPSA) is 76.3 Å². The summed E-state index contributed by atoms with van der Waals surface area (Å²) in [5.41, 5.74) is -0.256. The molecule has 1 aromatic heterocycles. The summed E-state index contributed by atoms with van der Waals surface area (Å²) in [7, 11) is 1.75. The van der Waals surface area contributed by atoms with Gasteiger partial charge in [0.2, 0.25) is 0 Å². The minimum Gasteiger partial charge on any atom is -0.394 e. The summed E-state index contributed by atoms with van der Waals surface area (Å²) in [6.07, 6.45) is -0.143. The van der Waals surface area contributed by atoms with Crippen LogP contribution in [-0.2, 0) is 18.3 Å². The molecular weight excluding hydrogens is 222 g/mol. The summed E-state index contributed by atoms with van der Waals surface area (Å²) < 4.78 is 5.74. The molecule has 1 atom stereocenters. The van der Waals surface area contributed by atoms with Crippen LogP contribution in [0.1, 0.15) is 19.7 Å². The maximum absolute atomic E-state index is 9.21. The molecular formula is C10H19N5O2. The average molecular weight is 241 g/mol. The van der Waals surface area contributed by atoms with Crippen LogP contribution in [0.3, 0.4) is 0 Å². The predicted molar refractivity (Wildman–Crippen MR) is 60.1 cm³/mol. The van der Waals surface area contributed by atoms with E-state index >= 15 is 0 Å². The Balaban J connectivity index is 2.00. The van der Waals surface area contributed by atoms with Crippen LogP contribution in [-0.4, -0.2) is 61.6 Å². The van der Waals surface area contributed by atoms with Gasteiger partial charge in [-0.15, -0.1) is 10.2 Å². The first-order valence-corrected chi connectivity index (χ1v) is 5.72. The molecule has 1 aromatic rings. The summed E-state index contributed by atoms with van der Waals surface area (Å²) in [5.74, 6) is 0.696. The first kappa shape index (κ1) is 12.4. The van der Waals surface area contributed by atoms with Crippen molar-refractivity contribution >= 4 is 0 Å². The van der Waals surface area contributed by atoms with E-state index < -0.39 is 0 Å². The van der Waals surface area contributed by atoms with Crippen molar-refractivity contribution in [1.29, 1.82) is 0 Å². The summed E-state index contributed by atoms with van der Waals surface area (Å²) >= 11 is 0. The number of aryl methyl sites for hydroxylation is 1. The Morgan fingerprint density at radius 1 is 1.53 bits per heavy atom. The summed E-state index contributed by atoms with van der Waals surface area (Å²) in [6.45, 7) is 6.20. The number of tetrazole rings is 1. The standard InChI is InChI=1S/C10H19N5O2/c1-10(2)7-15(4-8(6-16)17-10)5-9-11-13-14(3)12-9/h8,16H,4-7H2,1-3H3. The molecule has 1 aliphatic rings. The highest BCUT2D eigenvalue weighted by Gasteiger charge is 2.33. The number of nitrogens with zero attached hydrogens (tertiary/aromatic N) is 5. The SMILES string of the molecule is Cn1nnc(CN2CC(CO)OC(C)(C)C2)n1. The Labute approximate surface area is 100 Å². The van der Waals surface area contributed by atoms with Crippen LogP contribution in [0.25, 0.3) is 0 Å². The van der Waals surface area contributed by atoms with E-state index in [9.17, 15) is 5.11 Å². The molecule has 7 heteroatoms. The largest absolute Gasteiger partial charge is 0.394 e. The van der Waals surface area contributed by atoms with E-state index in [0.717, 1.165) is 6.54 Å². The third kappa shape index (κ3) is 3.21. The van der Waals surface area contributed by atoms with Crippen molar-refractivity contribution in [3.05, 3.63) is 5.82 Å². The van der Waals surface area contributed by atoms with Gasteiger partial charge in [0.1, 0.15) is 0 Å². The van der Waals surface area contributed by atoms with Crippen LogP contribution in [0.5, 0.6) is 0 Å². The minimum atomic E-state index is -0.256. The lowest BCUT2D eigenvalue weighted by atomic mass is 10.1. The quantitative estimate of drug-likeness (QED) is 0.745. The molecule has 0 aromatic carbocycles. The van der Waals surface area contributed by atoms with Gasteiger partial charge in [0, 0.05) is 13.1 Å². The molecule has 1 fully saturated rings. The Morgan fingerprint density at radius 3 is 2.88 bits per heavy atom. The molecule has 0 amide bonds. The van der Waals surface area contributed by atoms with Gasteiger partial charge in [-0.3, -0.25) is 4.90 Å². The van der Waals surface area contributed by atoms with E-state index in [0.29, 0.717) is 18.9 Å². The maximum Gasteiger partial charge on any atom is 0.188 e. The zero-order chi connectivity index (χ0) is 12.5. The second-order valence-electron chi connectivity index (χ2n) is 5.05. The van der Waals surface area contributed by atoms with Crippen molar-refractivity contribution in [1.82, 2.24) is 25.1 Å². The van der Waals surface area contributed by atoms with E-state index in [2.05, 4.69) is 20.3 Å². The van der Waals surface area contributed by atoms with E-state index in [1.165, 1.54) is 4.80 Å². The molecule has 1 unspecified atom stereocenters. The van der Waals surface area contributed by atoms with Crippen LogP contribution >= 0.6 is 0 Å². The van der Waals surface area contributed by atoms with Gasteiger partial charge < -0.3 is 9.84 Å². The van der Waals surface area contributed by atoms with Gasteiger partial charge in [-0.05, 0) is 19.1 Å². The zero-order valence-electron chi connectivity index (χ0n) is 10.5. The first-order chi connectivity index (χ1) is 7.98. The second-order valence-corrected chi connectivity index (χ2v) is 5.05. The summed E-state index contributed by atoms with van der Waals surface area (Å²) in [4.78, 5) is 3.63. The Bertz CT molecular complexity index is 379. The molecule has 17 heavy (non-hydrogen) atoms. The molecule has 0 bridgehead atoms. The monoisotopic (exact) mass is 241 g/mol. The fourth-order valence-electron chi connectivity index (χ4n) is 2.22. The van der Waals surface area contributed by atoms with E-state index in [1.807, 2.05) is 13.8 Å². The predicted octanol–water partition coefficient (Wildman–Crippen LogP) is -0.818. The van der Waals surface area contributed by atoms with Crippen molar-refractivity contribution in [2.24, 2.45) is 7.05 Å². The number of aliphatic hydroxyl groups is 1. The molecule has 1 saturated heterocycles. The molecule has 0 spiro atoms. The average Bonchev–Trinajstić information content (AvgIpc) is 2.61. The lowest BCUT2D eigenvalue weighted by Crippen LogP contribution is -2.53. The first-order valence-electron chi connectivity index (χ1n) is 5.72. The maximum atomic E-state index is 9.21. The Kier molecular flexibility index (Phi) is 3.41. The van der Waals surface area contributed by atoms with Crippen LogP contribution in [0.15, 0.2) is 0 Å². The highest BCUT2D eigenvalue weighted by atomic mass is 16.5. The van der Waals surface area contributed by atoms with E-state index in [1.54, 1.807) is 7.05 Å². The lowest BCUT2D eigenvalue weighted by molar-refractivity contribution is -0.151. The van der Waals surface area contributed by atoms with E-state index in [4.69, 9.17) is 4.74 Å². The number of hydrogen-bond donors (Lipinski definition) is 1. The fourth-order valence-corrected chi connectivity index (χ4v) is 2.22. The summed E-state index contributed by atoms with van der Waals surface area (Å²) in [5, 5.41) is 21.1. The van der Waals surface area contributed by atoms with Gasteiger partial charge >= 0.3 is 0 Å². The van der Waals surface area contributed by atoms with Gasteiger partial charge in [0.05, 0.1) is 31.9 Å². The second kappa shape index (κ2) is 4.67. The van der Waals surface area contributed by atoms with Gasteiger partial charge in [0.25, 0.3) is 0 Å². The molecule has 1 N–H and O–H groups in total. The lowest BCUT2D eigenvalue weighted by Gasteiger charge is -2.41. The Morgan fingerprint density at radius 2 is 2.29 bits per heavy atom. The van der Waals surface area contributed by atoms with Gasteiger partial charge in [-0.25, -0.2) is 0 Å². The fraction of sp³-hybridized carbons (Fsp3) is 0.900. The molecule has 1 aliphatic heterocycles. The number of aliphatic hydroxyl groups excluding tert-OH is 1. The van der Waals surface area contributed by atoms with Crippen LogP contribution in [0.2, 0.25) is 0 Å². The van der Waals surface area contributed by atoms with Gasteiger partial charge in [-0.2, -0.15) is 4.80 Å². The molecule has 96 valence electrons. The smallest absolute Gasteiger partial charge is 0.188 e. The van der Waals surface area contributed by atoms with Crippen molar-refractivity contribution in [3.8, 4) is 0 Å². The third-order valence-corrected chi connectivity index (χ3v) is 2.67. The third-order valence-electron chi connectivity index (χ3n) is 2.67.